The van der Waals surface area contributed by atoms with Crippen LogP contribution in [0.2, 0.25) is 0 Å². The minimum atomic E-state index is 0.150. The number of unbranched alkanes of at least 4 members (excludes halogenated alkanes) is 7. The largest absolute Gasteiger partial charge is 0.287 e. The molecule has 3 rings (SSSR count). The SMILES string of the molecule is CCCCCCCCCCC1CCC(c2c[n+](CC(=O)c3ccccc3)ccn2)CC1. The molecule has 0 N–H and O–H groups in total. The van der Waals surface area contributed by atoms with E-state index in [2.05, 4.69) is 18.1 Å². The van der Waals surface area contributed by atoms with Gasteiger partial charge in [-0.1, -0.05) is 95.0 Å². The number of aromatic nitrogens is 2. The molecule has 0 radical (unpaired) electrons. The minimum absolute atomic E-state index is 0.150. The standard InChI is InChI=1S/C28H41N2O/c1-2-3-4-5-6-7-8-10-13-24-16-18-25(19-17-24)27-22-30(21-20-29-27)23-28(31)26-14-11-9-12-15-26/h9,11-12,14-15,20-22,24-25H,2-8,10,13,16-19,23H2,1H3/q+1. The van der Waals surface area contributed by atoms with Gasteiger partial charge in [0.15, 0.2) is 12.4 Å². The summed E-state index contributed by atoms with van der Waals surface area (Å²) in [4.78, 5) is 17.2. The molecule has 31 heavy (non-hydrogen) atoms. The number of carbonyl (C=O) groups is 1. The quantitative estimate of drug-likeness (QED) is 0.197. The average Bonchev–Trinajstić information content (AvgIpc) is 2.82. The average molecular weight is 422 g/mol. The summed E-state index contributed by atoms with van der Waals surface area (Å²) in [6.45, 7) is 2.67. The van der Waals surface area contributed by atoms with Crippen LogP contribution in [0.25, 0.3) is 0 Å². The van der Waals surface area contributed by atoms with Crippen LogP contribution in [0.3, 0.4) is 0 Å². The molecule has 0 unspecified atom stereocenters. The molecular weight excluding hydrogens is 380 g/mol. The van der Waals surface area contributed by atoms with E-state index in [9.17, 15) is 4.79 Å². The molecule has 168 valence electrons. The molecule has 0 spiro atoms. The third kappa shape index (κ3) is 8.20. The summed E-state index contributed by atoms with van der Waals surface area (Å²) in [6.07, 6.45) is 23.7. The summed E-state index contributed by atoms with van der Waals surface area (Å²) in [7, 11) is 0. The van der Waals surface area contributed by atoms with Gasteiger partial charge in [-0.05, 0) is 31.6 Å². The zero-order valence-electron chi connectivity index (χ0n) is 19.5. The highest BCUT2D eigenvalue weighted by atomic mass is 16.1. The van der Waals surface area contributed by atoms with E-state index in [1.165, 1.54) is 83.5 Å². The monoisotopic (exact) mass is 421 g/mol. The Kier molecular flexibility index (Phi) is 10.2. The van der Waals surface area contributed by atoms with E-state index in [-0.39, 0.29) is 5.78 Å². The van der Waals surface area contributed by atoms with Gasteiger partial charge in [-0.15, -0.1) is 0 Å². The fourth-order valence-corrected chi connectivity index (χ4v) is 4.96. The van der Waals surface area contributed by atoms with Gasteiger partial charge in [-0.3, -0.25) is 4.79 Å². The Morgan fingerprint density at radius 1 is 0.935 bits per heavy atom. The maximum Gasteiger partial charge on any atom is 0.227 e. The van der Waals surface area contributed by atoms with Crippen molar-refractivity contribution in [2.24, 2.45) is 5.92 Å². The first-order valence-corrected chi connectivity index (χ1v) is 12.7. The fraction of sp³-hybridized carbons (Fsp3) is 0.607. The number of carbonyl (C=O) groups excluding carboxylic acids is 1. The summed E-state index contributed by atoms with van der Waals surface area (Å²) in [5, 5.41) is 0. The molecule has 0 atom stereocenters. The van der Waals surface area contributed by atoms with Crippen molar-refractivity contribution >= 4 is 5.78 Å². The van der Waals surface area contributed by atoms with E-state index < -0.39 is 0 Å². The van der Waals surface area contributed by atoms with Gasteiger partial charge in [0.1, 0.15) is 5.69 Å². The second kappa shape index (κ2) is 13.4. The molecule has 3 heteroatoms. The third-order valence-corrected chi connectivity index (χ3v) is 6.93. The number of hydrogen-bond donors (Lipinski definition) is 0. The van der Waals surface area contributed by atoms with Crippen molar-refractivity contribution in [2.75, 3.05) is 0 Å². The van der Waals surface area contributed by atoms with Crippen LogP contribution in [-0.4, -0.2) is 10.8 Å². The Morgan fingerprint density at radius 3 is 2.32 bits per heavy atom. The Labute approximate surface area is 189 Å². The molecular formula is C28H41N2O+. The van der Waals surface area contributed by atoms with Crippen LogP contribution in [0.1, 0.15) is 112 Å². The lowest BCUT2D eigenvalue weighted by atomic mass is 9.78. The van der Waals surface area contributed by atoms with E-state index in [0.29, 0.717) is 12.5 Å². The Bertz CT molecular complexity index is 766. The Hall–Kier alpha value is -2.03. The molecule has 0 bridgehead atoms. The van der Waals surface area contributed by atoms with Crippen molar-refractivity contribution in [2.45, 2.75) is 103 Å². The van der Waals surface area contributed by atoms with E-state index in [4.69, 9.17) is 0 Å². The fourth-order valence-electron chi connectivity index (χ4n) is 4.96. The zero-order valence-corrected chi connectivity index (χ0v) is 19.5. The van der Waals surface area contributed by atoms with Crippen LogP contribution in [-0.2, 0) is 6.54 Å². The molecule has 0 amide bonds. The van der Waals surface area contributed by atoms with Crippen molar-refractivity contribution in [3.8, 4) is 0 Å². The zero-order chi connectivity index (χ0) is 21.7. The van der Waals surface area contributed by atoms with Crippen molar-refractivity contribution in [3.05, 3.63) is 60.2 Å². The predicted octanol–water partition coefficient (Wildman–Crippen LogP) is 7.06. The summed E-state index contributed by atoms with van der Waals surface area (Å²) < 4.78 is 2.00. The molecule has 1 fully saturated rings. The van der Waals surface area contributed by atoms with Crippen LogP contribution in [0.4, 0.5) is 0 Å². The molecule has 1 aromatic heterocycles. The lowest BCUT2D eigenvalue weighted by Crippen LogP contribution is -2.38. The topological polar surface area (TPSA) is 33.8 Å². The Morgan fingerprint density at radius 2 is 1.61 bits per heavy atom. The summed E-state index contributed by atoms with van der Waals surface area (Å²) >= 11 is 0. The van der Waals surface area contributed by atoms with Gasteiger partial charge in [-0.2, -0.15) is 4.57 Å². The number of benzene rings is 1. The predicted molar refractivity (Wildman–Crippen MR) is 127 cm³/mol. The van der Waals surface area contributed by atoms with Crippen LogP contribution in [0, 0.1) is 5.92 Å². The van der Waals surface area contributed by atoms with Gasteiger partial charge < -0.3 is 0 Å². The van der Waals surface area contributed by atoms with Gasteiger partial charge >= 0.3 is 0 Å². The van der Waals surface area contributed by atoms with Gasteiger partial charge in [0.05, 0.1) is 6.20 Å². The Balaban J connectivity index is 1.37. The molecule has 1 saturated carbocycles. The first-order chi connectivity index (χ1) is 15.3. The van der Waals surface area contributed by atoms with Gasteiger partial charge in [0.25, 0.3) is 0 Å². The lowest BCUT2D eigenvalue weighted by Gasteiger charge is -2.27. The minimum Gasteiger partial charge on any atom is -0.287 e. The molecule has 0 saturated heterocycles. The lowest BCUT2D eigenvalue weighted by molar-refractivity contribution is -0.684. The van der Waals surface area contributed by atoms with Gasteiger partial charge in [0, 0.05) is 11.5 Å². The van der Waals surface area contributed by atoms with Crippen molar-refractivity contribution in [1.82, 2.24) is 4.98 Å². The van der Waals surface area contributed by atoms with Crippen LogP contribution in [0.15, 0.2) is 48.9 Å². The second-order valence-electron chi connectivity index (χ2n) is 9.42. The number of ketones is 1. The highest BCUT2D eigenvalue weighted by Crippen LogP contribution is 2.36. The highest BCUT2D eigenvalue weighted by molar-refractivity contribution is 5.94. The first-order valence-electron chi connectivity index (χ1n) is 12.7. The molecule has 1 aromatic carbocycles. The molecule has 2 aromatic rings. The highest BCUT2D eigenvalue weighted by Gasteiger charge is 2.25. The molecule has 1 aliphatic rings. The first kappa shape index (κ1) is 23.6. The molecule has 0 aliphatic heterocycles. The molecule has 1 heterocycles. The summed E-state index contributed by atoms with van der Waals surface area (Å²) in [5.74, 6) is 1.61. The van der Waals surface area contributed by atoms with E-state index >= 15 is 0 Å². The van der Waals surface area contributed by atoms with E-state index in [1.54, 1.807) is 0 Å². The summed E-state index contributed by atoms with van der Waals surface area (Å²) in [5.41, 5.74) is 1.93. The third-order valence-electron chi connectivity index (χ3n) is 6.93. The number of hydrogen-bond acceptors (Lipinski definition) is 2. The van der Waals surface area contributed by atoms with Crippen molar-refractivity contribution in [1.29, 1.82) is 0 Å². The summed E-state index contributed by atoms with van der Waals surface area (Å²) in [6, 6.07) is 9.56. The normalized spacial score (nSPS) is 18.7. The van der Waals surface area contributed by atoms with Crippen molar-refractivity contribution < 1.29 is 9.36 Å². The van der Waals surface area contributed by atoms with Crippen LogP contribution >= 0.6 is 0 Å². The molecule has 1 aliphatic carbocycles. The maximum atomic E-state index is 12.5. The number of nitrogens with zero attached hydrogens (tertiary/aromatic N) is 2. The van der Waals surface area contributed by atoms with Gasteiger partial charge in [-0.25, -0.2) is 4.98 Å². The maximum absolute atomic E-state index is 12.5. The van der Waals surface area contributed by atoms with Crippen LogP contribution in [0.5, 0.6) is 0 Å². The smallest absolute Gasteiger partial charge is 0.227 e. The van der Waals surface area contributed by atoms with Crippen molar-refractivity contribution in [3.63, 3.8) is 0 Å². The second-order valence-corrected chi connectivity index (χ2v) is 9.42. The number of Topliss-reactive ketones (excluding diaryl/α,β-unsaturated/α-hetero) is 1. The van der Waals surface area contributed by atoms with Crippen LogP contribution < -0.4 is 4.57 Å². The van der Waals surface area contributed by atoms with E-state index in [0.717, 1.165) is 17.2 Å². The van der Waals surface area contributed by atoms with E-state index in [1.807, 2.05) is 47.3 Å². The van der Waals surface area contributed by atoms with Gasteiger partial charge in [0.2, 0.25) is 12.3 Å². The number of rotatable bonds is 13. The molecule has 3 nitrogen and oxygen atoms in total.